The second-order valence-electron chi connectivity index (χ2n) is 8.44. The first-order valence-electron chi connectivity index (χ1n) is 10.8. The van der Waals surface area contributed by atoms with Gasteiger partial charge in [-0.2, -0.15) is 18.2 Å². The van der Waals surface area contributed by atoms with Crippen LogP contribution in [0.1, 0.15) is 65.1 Å². The highest BCUT2D eigenvalue weighted by Gasteiger charge is 2.36. The Morgan fingerprint density at radius 3 is 2.62 bits per heavy atom. The zero-order chi connectivity index (χ0) is 22.3. The molecular weight excluding hydrogens is 419 g/mol. The number of carbonyl (C=O) groups excluding carboxylic acids is 1. The second-order valence-corrected chi connectivity index (χ2v) is 8.44. The van der Waals surface area contributed by atoms with Gasteiger partial charge < -0.3 is 9.42 Å². The maximum atomic E-state index is 13.9. The number of fused-ring (bicyclic) bond motifs is 1. The van der Waals surface area contributed by atoms with E-state index in [0.29, 0.717) is 23.6 Å². The molecule has 0 bridgehead atoms. The number of benzene rings is 2. The molecule has 5 rings (SSSR count). The molecule has 1 aromatic heterocycles. The number of hydrogen-bond donors (Lipinski definition) is 0. The normalized spacial score (nSPS) is 16.9. The number of aldehydes is 1. The van der Waals surface area contributed by atoms with E-state index in [-0.39, 0.29) is 17.4 Å². The van der Waals surface area contributed by atoms with Crippen LogP contribution in [0.25, 0.3) is 11.5 Å². The molecule has 5 nitrogen and oxygen atoms in total. The molecule has 1 fully saturated rings. The van der Waals surface area contributed by atoms with Crippen LogP contribution in [0.2, 0.25) is 0 Å². The zero-order valence-corrected chi connectivity index (χ0v) is 17.4. The van der Waals surface area contributed by atoms with E-state index in [1.165, 1.54) is 0 Å². The quantitative estimate of drug-likeness (QED) is 0.444. The molecule has 0 atom stereocenters. The van der Waals surface area contributed by atoms with Gasteiger partial charge in [0.15, 0.2) is 0 Å². The summed E-state index contributed by atoms with van der Waals surface area (Å²) in [5.41, 5.74) is 2.46. The van der Waals surface area contributed by atoms with Gasteiger partial charge in [0.25, 0.3) is 11.8 Å². The number of carbonyl (C=O) groups is 1. The molecular formula is C24H22F3N3O2. The summed E-state index contributed by atoms with van der Waals surface area (Å²) < 4.78 is 47.0. The average Bonchev–Trinajstić information content (AvgIpc) is 3.45. The summed E-state index contributed by atoms with van der Waals surface area (Å²) in [6.45, 7) is 0.602. The molecule has 2 heterocycles. The van der Waals surface area contributed by atoms with E-state index in [2.05, 4.69) is 10.1 Å². The van der Waals surface area contributed by atoms with Gasteiger partial charge in [-0.3, -0.25) is 4.79 Å². The third-order valence-electron chi connectivity index (χ3n) is 6.44. The molecule has 2 aromatic carbocycles. The first-order valence-corrected chi connectivity index (χ1v) is 10.8. The van der Waals surface area contributed by atoms with Crippen LogP contribution >= 0.6 is 0 Å². The van der Waals surface area contributed by atoms with Crippen molar-refractivity contribution in [2.45, 2.75) is 50.6 Å². The van der Waals surface area contributed by atoms with E-state index < -0.39 is 11.7 Å². The van der Waals surface area contributed by atoms with Crippen molar-refractivity contribution in [3.8, 4) is 11.5 Å². The summed E-state index contributed by atoms with van der Waals surface area (Å²) in [4.78, 5) is 17.2. The topological polar surface area (TPSA) is 59.2 Å². The summed E-state index contributed by atoms with van der Waals surface area (Å²) in [6, 6.07) is 9.71. The minimum Gasteiger partial charge on any atom is -0.332 e. The summed E-state index contributed by atoms with van der Waals surface area (Å²) in [5, 5.41) is 4.01. The van der Waals surface area contributed by atoms with Crippen molar-refractivity contribution >= 4 is 17.9 Å². The Morgan fingerprint density at radius 1 is 1.06 bits per heavy atom. The number of anilines is 2. The van der Waals surface area contributed by atoms with Crippen LogP contribution in [0.4, 0.5) is 24.8 Å². The van der Waals surface area contributed by atoms with Crippen molar-refractivity contribution in [1.82, 2.24) is 10.1 Å². The molecule has 1 saturated carbocycles. The maximum Gasteiger partial charge on any atom is 0.416 e. The molecule has 0 radical (unpaired) electrons. The SMILES string of the molecule is O=Cc1ccc2c(c1)CCN2c1noc(-c2ccc(C3CCCCC3)c(C(F)(F)F)c2)n1. The van der Waals surface area contributed by atoms with Crippen molar-refractivity contribution in [1.29, 1.82) is 0 Å². The Bertz CT molecular complexity index is 1150. The minimum atomic E-state index is -4.45. The van der Waals surface area contributed by atoms with Crippen molar-refractivity contribution in [3.63, 3.8) is 0 Å². The van der Waals surface area contributed by atoms with Crippen molar-refractivity contribution in [3.05, 3.63) is 58.7 Å². The molecule has 0 unspecified atom stereocenters. The summed E-state index contributed by atoms with van der Waals surface area (Å²) >= 11 is 0. The lowest BCUT2D eigenvalue weighted by Gasteiger charge is -2.25. The van der Waals surface area contributed by atoms with E-state index in [0.717, 1.165) is 62.1 Å². The molecule has 0 amide bonds. The molecule has 0 spiro atoms. The third kappa shape index (κ3) is 3.78. The smallest absolute Gasteiger partial charge is 0.332 e. The Morgan fingerprint density at radius 2 is 1.88 bits per heavy atom. The minimum absolute atomic E-state index is 0.0543. The molecule has 2 aliphatic rings. The van der Waals surface area contributed by atoms with Crippen LogP contribution in [-0.4, -0.2) is 23.0 Å². The van der Waals surface area contributed by atoms with Gasteiger partial charge in [-0.15, -0.1) is 0 Å². The van der Waals surface area contributed by atoms with Crippen LogP contribution in [0, 0.1) is 0 Å². The van der Waals surface area contributed by atoms with E-state index in [1.54, 1.807) is 18.2 Å². The van der Waals surface area contributed by atoms with Crippen molar-refractivity contribution in [2.75, 3.05) is 11.4 Å². The van der Waals surface area contributed by atoms with Crippen LogP contribution in [0.5, 0.6) is 0 Å². The van der Waals surface area contributed by atoms with E-state index in [1.807, 2.05) is 17.0 Å². The van der Waals surface area contributed by atoms with Gasteiger partial charge in [-0.05, 0) is 71.8 Å². The van der Waals surface area contributed by atoms with E-state index in [4.69, 9.17) is 4.52 Å². The van der Waals surface area contributed by atoms with Gasteiger partial charge in [-0.1, -0.05) is 25.3 Å². The summed E-state index contributed by atoms with van der Waals surface area (Å²) in [7, 11) is 0. The monoisotopic (exact) mass is 441 g/mol. The maximum absolute atomic E-state index is 13.9. The fraction of sp³-hybridized carbons (Fsp3) is 0.375. The first-order chi connectivity index (χ1) is 15.4. The van der Waals surface area contributed by atoms with Gasteiger partial charge in [0, 0.05) is 23.4 Å². The number of aromatic nitrogens is 2. The first kappa shape index (κ1) is 20.7. The zero-order valence-electron chi connectivity index (χ0n) is 17.4. The molecule has 1 aliphatic carbocycles. The third-order valence-corrected chi connectivity index (χ3v) is 6.44. The lowest BCUT2D eigenvalue weighted by atomic mass is 9.81. The predicted molar refractivity (Wildman–Crippen MR) is 113 cm³/mol. The Balaban J connectivity index is 1.46. The van der Waals surface area contributed by atoms with Gasteiger partial charge in [0.05, 0.1) is 5.56 Å². The standard InChI is InChI=1S/C24H22F3N3O2/c25-24(26,27)20-13-18(7-8-19(20)16-4-2-1-3-5-16)22-28-23(29-32-22)30-11-10-17-12-15(14-31)6-9-21(17)30/h6-9,12-14,16H,1-5,10-11H2. The highest BCUT2D eigenvalue weighted by Crippen LogP contribution is 2.42. The van der Waals surface area contributed by atoms with Gasteiger partial charge >= 0.3 is 6.18 Å². The van der Waals surface area contributed by atoms with Gasteiger partial charge in [0.2, 0.25) is 0 Å². The number of rotatable bonds is 4. The molecule has 1 aliphatic heterocycles. The van der Waals surface area contributed by atoms with Crippen molar-refractivity contribution < 1.29 is 22.5 Å². The van der Waals surface area contributed by atoms with Gasteiger partial charge in [-0.25, -0.2) is 0 Å². The molecule has 0 N–H and O–H groups in total. The van der Waals surface area contributed by atoms with Gasteiger partial charge in [0.1, 0.15) is 6.29 Å². The largest absolute Gasteiger partial charge is 0.416 e. The average molecular weight is 441 g/mol. The molecule has 0 saturated heterocycles. The number of nitrogens with zero attached hydrogens (tertiary/aromatic N) is 3. The molecule has 3 aromatic rings. The van der Waals surface area contributed by atoms with Crippen LogP contribution in [0.3, 0.4) is 0 Å². The molecule has 8 heteroatoms. The highest BCUT2D eigenvalue weighted by atomic mass is 19.4. The van der Waals surface area contributed by atoms with Crippen LogP contribution < -0.4 is 4.90 Å². The molecule has 166 valence electrons. The highest BCUT2D eigenvalue weighted by molar-refractivity contribution is 5.78. The number of halogens is 3. The Hall–Kier alpha value is -3.16. The van der Waals surface area contributed by atoms with Crippen LogP contribution in [0.15, 0.2) is 40.9 Å². The lowest BCUT2D eigenvalue weighted by Crippen LogP contribution is -2.15. The van der Waals surface area contributed by atoms with E-state index >= 15 is 0 Å². The van der Waals surface area contributed by atoms with Crippen molar-refractivity contribution in [2.24, 2.45) is 0 Å². The van der Waals surface area contributed by atoms with Crippen LogP contribution in [-0.2, 0) is 12.6 Å². The summed E-state index contributed by atoms with van der Waals surface area (Å²) in [5.74, 6) is 0.284. The summed E-state index contributed by atoms with van der Waals surface area (Å²) in [6.07, 6.45) is 1.64. The lowest BCUT2D eigenvalue weighted by molar-refractivity contribution is -0.138. The second kappa shape index (κ2) is 8.07. The predicted octanol–water partition coefficient (Wildman–Crippen LogP) is 6.31. The fourth-order valence-electron chi connectivity index (χ4n) is 4.85. The Kier molecular flexibility index (Phi) is 5.23. The number of hydrogen-bond acceptors (Lipinski definition) is 5. The Labute approximate surface area is 183 Å². The fourth-order valence-corrected chi connectivity index (χ4v) is 4.85. The number of alkyl halides is 3. The van der Waals surface area contributed by atoms with E-state index in [9.17, 15) is 18.0 Å². The molecule has 32 heavy (non-hydrogen) atoms.